The minimum absolute atomic E-state index is 0.145. The highest BCUT2D eigenvalue weighted by atomic mass is 79.9. The van der Waals surface area contributed by atoms with Gasteiger partial charge in [0.2, 0.25) is 0 Å². The van der Waals surface area contributed by atoms with Crippen molar-refractivity contribution in [1.82, 2.24) is 10.3 Å². The first-order valence-corrected chi connectivity index (χ1v) is 8.96. The minimum atomic E-state index is -0.187. The maximum absolute atomic E-state index is 14.3. The fraction of sp³-hybridized carbons (Fsp3) is 0.438. The Morgan fingerprint density at radius 1 is 1.43 bits per heavy atom. The SMILES string of the molecule is CCCNC(c1nc2c(s1)CCC2)c1ccc(Br)cc1F. The van der Waals surface area contributed by atoms with Gasteiger partial charge in [-0.1, -0.05) is 28.9 Å². The third-order valence-corrected chi connectivity index (χ3v) is 5.45. The van der Waals surface area contributed by atoms with Crippen molar-refractivity contribution in [3.05, 3.63) is 49.6 Å². The molecule has 0 saturated carbocycles. The smallest absolute Gasteiger partial charge is 0.129 e. The van der Waals surface area contributed by atoms with Crippen molar-refractivity contribution in [1.29, 1.82) is 0 Å². The molecule has 0 amide bonds. The highest BCUT2D eigenvalue weighted by Crippen LogP contribution is 2.34. The predicted molar refractivity (Wildman–Crippen MR) is 88.4 cm³/mol. The average Bonchev–Trinajstić information content (AvgIpc) is 3.02. The van der Waals surface area contributed by atoms with Crippen LogP contribution >= 0.6 is 27.3 Å². The molecule has 1 heterocycles. The van der Waals surface area contributed by atoms with E-state index in [9.17, 15) is 4.39 Å². The maximum Gasteiger partial charge on any atom is 0.129 e. The molecule has 1 N–H and O–H groups in total. The van der Waals surface area contributed by atoms with Crippen LogP contribution in [0.4, 0.5) is 4.39 Å². The Morgan fingerprint density at radius 3 is 3.00 bits per heavy atom. The van der Waals surface area contributed by atoms with Gasteiger partial charge in [-0.25, -0.2) is 9.37 Å². The van der Waals surface area contributed by atoms with Crippen molar-refractivity contribution in [2.24, 2.45) is 0 Å². The molecule has 1 aliphatic carbocycles. The van der Waals surface area contributed by atoms with E-state index in [4.69, 9.17) is 4.98 Å². The van der Waals surface area contributed by atoms with Gasteiger partial charge in [0.25, 0.3) is 0 Å². The molecule has 0 bridgehead atoms. The fourth-order valence-electron chi connectivity index (χ4n) is 2.69. The van der Waals surface area contributed by atoms with E-state index in [2.05, 4.69) is 28.2 Å². The Morgan fingerprint density at radius 2 is 2.29 bits per heavy atom. The molecule has 0 saturated heterocycles. The summed E-state index contributed by atoms with van der Waals surface area (Å²) in [6.45, 7) is 2.97. The lowest BCUT2D eigenvalue weighted by molar-refractivity contribution is 0.544. The zero-order valence-corrected chi connectivity index (χ0v) is 14.4. The molecule has 2 nitrogen and oxygen atoms in total. The van der Waals surface area contributed by atoms with E-state index in [0.29, 0.717) is 5.56 Å². The first-order chi connectivity index (χ1) is 10.2. The van der Waals surface area contributed by atoms with Crippen LogP contribution < -0.4 is 5.32 Å². The number of nitrogens with zero attached hydrogens (tertiary/aromatic N) is 1. The Labute approximate surface area is 136 Å². The second-order valence-electron chi connectivity index (χ2n) is 5.33. The van der Waals surface area contributed by atoms with Crippen molar-refractivity contribution in [3.8, 4) is 0 Å². The molecule has 1 aromatic heterocycles. The van der Waals surface area contributed by atoms with Crippen LogP contribution in [0.5, 0.6) is 0 Å². The lowest BCUT2D eigenvalue weighted by atomic mass is 10.1. The first kappa shape index (κ1) is 15.1. The van der Waals surface area contributed by atoms with E-state index in [-0.39, 0.29) is 11.9 Å². The van der Waals surface area contributed by atoms with Gasteiger partial charge in [0.1, 0.15) is 10.8 Å². The van der Waals surface area contributed by atoms with Gasteiger partial charge >= 0.3 is 0 Å². The molecule has 1 aliphatic rings. The number of rotatable bonds is 5. The number of hydrogen-bond acceptors (Lipinski definition) is 3. The molecule has 0 spiro atoms. The third-order valence-electron chi connectivity index (χ3n) is 3.73. The summed E-state index contributed by atoms with van der Waals surface area (Å²) in [5.74, 6) is -0.187. The summed E-state index contributed by atoms with van der Waals surface area (Å²) in [4.78, 5) is 6.14. The van der Waals surface area contributed by atoms with Crippen LogP contribution in [0, 0.1) is 5.82 Å². The van der Waals surface area contributed by atoms with Crippen LogP contribution in [0.15, 0.2) is 22.7 Å². The van der Waals surface area contributed by atoms with Crippen LogP contribution in [-0.2, 0) is 12.8 Å². The van der Waals surface area contributed by atoms with E-state index < -0.39 is 0 Å². The number of benzene rings is 1. The van der Waals surface area contributed by atoms with Crippen molar-refractivity contribution >= 4 is 27.3 Å². The molecule has 2 aromatic rings. The van der Waals surface area contributed by atoms with Crippen LogP contribution in [0.2, 0.25) is 0 Å². The molecule has 0 fully saturated rings. The Kier molecular flexibility index (Phi) is 4.72. The summed E-state index contributed by atoms with van der Waals surface area (Å²) >= 11 is 5.05. The topological polar surface area (TPSA) is 24.9 Å². The Balaban J connectivity index is 1.96. The van der Waals surface area contributed by atoms with Gasteiger partial charge in [-0.15, -0.1) is 11.3 Å². The molecule has 3 rings (SSSR count). The number of aromatic nitrogens is 1. The number of hydrogen-bond donors (Lipinski definition) is 1. The molecule has 1 unspecified atom stereocenters. The normalized spacial score (nSPS) is 15.2. The molecular formula is C16H18BrFN2S. The average molecular weight is 369 g/mol. The number of nitrogens with one attached hydrogen (secondary N) is 1. The van der Waals surface area contributed by atoms with Gasteiger partial charge in [0, 0.05) is 14.9 Å². The van der Waals surface area contributed by atoms with Crippen molar-refractivity contribution in [2.45, 2.75) is 38.6 Å². The van der Waals surface area contributed by atoms with Crippen LogP contribution in [0.3, 0.4) is 0 Å². The van der Waals surface area contributed by atoms with Gasteiger partial charge in [-0.3, -0.25) is 0 Å². The van der Waals surface area contributed by atoms with Gasteiger partial charge in [0.15, 0.2) is 0 Å². The van der Waals surface area contributed by atoms with Gasteiger partial charge in [0.05, 0.1) is 11.7 Å². The Hall–Kier alpha value is -0.780. The number of thiazole rings is 1. The zero-order chi connectivity index (χ0) is 14.8. The summed E-state index contributed by atoms with van der Waals surface area (Å²) in [6.07, 6.45) is 4.40. The standard InChI is InChI=1S/C16H18BrFN2S/c1-2-8-19-15(11-7-6-10(17)9-12(11)18)16-20-13-4-3-5-14(13)21-16/h6-7,9,15,19H,2-5,8H2,1H3. The maximum atomic E-state index is 14.3. The molecule has 112 valence electrons. The summed E-state index contributed by atoms with van der Waals surface area (Å²) in [7, 11) is 0. The lowest BCUT2D eigenvalue weighted by Gasteiger charge is -2.17. The molecule has 21 heavy (non-hydrogen) atoms. The zero-order valence-electron chi connectivity index (χ0n) is 12.0. The molecule has 5 heteroatoms. The van der Waals surface area contributed by atoms with Crippen LogP contribution in [0.1, 0.15) is 46.9 Å². The highest BCUT2D eigenvalue weighted by molar-refractivity contribution is 9.10. The van der Waals surface area contributed by atoms with Crippen molar-refractivity contribution < 1.29 is 4.39 Å². The molecule has 1 aromatic carbocycles. The van der Waals surface area contributed by atoms with Gasteiger partial charge in [-0.2, -0.15) is 0 Å². The summed E-state index contributed by atoms with van der Waals surface area (Å²) in [5, 5.41) is 4.44. The molecule has 0 radical (unpaired) electrons. The monoisotopic (exact) mass is 368 g/mol. The largest absolute Gasteiger partial charge is 0.304 e. The van der Waals surface area contributed by atoms with Gasteiger partial charge < -0.3 is 5.32 Å². The van der Waals surface area contributed by atoms with Crippen LogP contribution in [-0.4, -0.2) is 11.5 Å². The van der Waals surface area contributed by atoms with Crippen LogP contribution in [0.25, 0.3) is 0 Å². The second-order valence-corrected chi connectivity index (χ2v) is 7.36. The Bertz CT molecular complexity index is 620. The first-order valence-electron chi connectivity index (χ1n) is 7.36. The molecular weight excluding hydrogens is 351 g/mol. The number of halogens is 2. The molecule has 1 atom stereocenters. The lowest BCUT2D eigenvalue weighted by Crippen LogP contribution is -2.24. The minimum Gasteiger partial charge on any atom is -0.304 e. The molecule has 0 aliphatic heterocycles. The highest BCUT2D eigenvalue weighted by Gasteiger charge is 2.24. The second kappa shape index (κ2) is 6.55. The quantitative estimate of drug-likeness (QED) is 0.832. The van der Waals surface area contributed by atoms with E-state index in [0.717, 1.165) is 35.3 Å². The fourth-order valence-corrected chi connectivity index (χ4v) is 4.27. The number of fused-ring (bicyclic) bond motifs is 1. The third kappa shape index (κ3) is 3.20. The summed E-state index contributed by atoms with van der Waals surface area (Å²) in [6, 6.07) is 5.12. The van der Waals surface area contributed by atoms with Crippen molar-refractivity contribution in [2.75, 3.05) is 6.54 Å². The van der Waals surface area contributed by atoms with E-state index >= 15 is 0 Å². The van der Waals surface area contributed by atoms with E-state index in [1.54, 1.807) is 11.3 Å². The van der Waals surface area contributed by atoms with Gasteiger partial charge in [-0.05, 0) is 44.4 Å². The van der Waals surface area contributed by atoms with Crippen molar-refractivity contribution in [3.63, 3.8) is 0 Å². The van der Waals surface area contributed by atoms with E-state index in [1.165, 1.54) is 23.1 Å². The van der Waals surface area contributed by atoms with E-state index in [1.807, 2.05) is 12.1 Å². The number of aryl methyl sites for hydroxylation is 2. The summed E-state index contributed by atoms with van der Waals surface area (Å²) < 4.78 is 15.1. The predicted octanol–water partition coefficient (Wildman–Crippen LogP) is 4.62. The summed E-state index contributed by atoms with van der Waals surface area (Å²) in [5.41, 5.74) is 1.90.